The summed E-state index contributed by atoms with van der Waals surface area (Å²) in [7, 11) is 1.89. The topological polar surface area (TPSA) is 49.2 Å². The number of nitrogens with zero attached hydrogens (tertiary/aromatic N) is 3. The molecule has 0 saturated heterocycles. The van der Waals surface area contributed by atoms with Crippen molar-refractivity contribution in [2.45, 2.75) is 26.7 Å². The fourth-order valence-electron chi connectivity index (χ4n) is 2.06. The monoisotopic (exact) mass is 259 g/mol. The summed E-state index contributed by atoms with van der Waals surface area (Å²) in [5, 5.41) is 10.1. The molecule has 1 aromatic carbocycles. The zero-order valence-electron chi connectivity index (χ0n) is 12.0. The maximum atomic E-state index is 8.98. The van der Waals surface area contributed by atoms with Gasteiger partial charge in [0.05, 0.1) is 17.8 Å². The first-order valence-corrected chi connectivity index (χ1v) is 6.63. The van der Waals surface area contributed by atoms with E-state index in [1.807, 2.05) is 18.9 Å². The number of rotatable bonds is 4. The molecule has 19 heavy (non-hydrogen) atoms. The van der Waals surface area contributed by atoms with E-state index in [0.29, 0.717) is 18.4 Å². The molecule has 0 fully saturated rings. The molecule has 0 radical (unpaired) electrons. The van der Waals surface area contributed by atoms with Gasteiger partial charge in [-0.05, 0) is 30.5 Å². The molecular formula is C15H21N3O. The van der Waals surface area contributed by atoms with Crippen molar-refractivity contribution >= 4 is 16.9 Å². The number of hydrogen-bond acceptors (Lipinski definition) is 4. The second-order valence-corrected chi connectivity index (χ2v) is 5.19. The van der Waals surface area contributed by atoms with Crippen molar-refractivity contribution in [2.24, 2.45) is 0 Å². The molecule has 102 valence electrons. The summed E-state index contributed by atoms with van der Waals surface area (Å²) in [5.41, 5.74) is 3.24. The molecule has 0 spiro atoms. The smallest absolute Gasteiger partial charge is 0.225 e. The Morgan fingerprint density at radius 1 is 1.26 bits per heavy atom. The van der Waals surface area contributed by atoms with Crippen LogP contribution in [0.4, 0.5) is 5.95 Å². The van der Waals surface area contributed by atoms with E-state index in [0.717, 1.165) is 16.6 Å². The zero-order valence-corrected chi connectivity index (χ0v) is 12.0. The Kier molecular flexibility index (Phi) is 4.00. The molecule has 2 aromatic rings. The number of fused-ring (bicyclic) bond motifs is 1. The van der Waals surface area contributed by atoms with Gasteiger partial charge >= 0.3 is 0 Å². The van der Waals surface area contributed by atoms with E-state index in [4.69, 9.17) is 5.11 Å². The quantitative estimate of drug-likeness (QED) is 0.916. The van der Waals surface area contributed by atoms with Crippen LogP contribution in [0, 0.1) is 6.92 Å². The van der Waals surface area contributed by atoms with Gasteiger partial charge in [0.15, 0.2) is 0 Å². The van der Waals surface area contributed by atoms with Crippen LogP contribution in [-0.4, -0.2) is 35.3 Å². The highest BCUT2D eigenvalue weighted by atomic mass is 16.3. The van der Waals surface area contributed by atoms with Gasteiger partial charge in [0, 0.05) is 19.0 Å². The first-order chi connectivity index (χ1) is 9.02. The third kappa shape index (κ3) is 2.84. The van der Waals surface area contributed by atoms with Crippen LogP contribution in [0.3, 0.4) is 0 Å². The maximum absolute atomic E-state index is 8.98. The second-order valence-electron chi connectivity index (χ2n) is 5.19. The van der Waals surface area contributed by atoms with E-state index in [1.54, 1.807) is 0 Å². The van der Waals surface area contributed by atoms with E-state index >= 15 is 0 Å². The van der Waals surface area contributed by atoms with Crippen LogP contribution in [0.15, 0.2) is 18.2 Å². The molecule has 0 bridgehead atoms. The van der Waals surface area contributed by atoms with Gasteiger partial charge in [0.1, 0.15) is 0 Å². The van der Waals surface area contributed by atoms with Gasteiger partial charge in [0.25, 0.3) is 0 Å². The number of benzene rings is 1. The third-order valence-electron chi connectivity index (χ3n) is 3.34. The Morgan fingerprint density at radius 2 is 2.00 bits per heavy atom. The third-order valence-corrected chi connectivity index (χ3v) is 3.34. The zero-order chi connectivity index (χ0) is 14.0. The van der Waals surface area contributed by atoms with Gasteiger partial charge in [-0.25, -0.2) is 9.97 Å². The van der Waals surface area contributed by atoms with Gasteiger partial charge in [-0.1, -0.05) is 19.9 Å². The summed E-state index contributed by atoms with van der Waals surface area (Å²) in [6.07, 6.45) is 0. The number of aryl methyl sites for hydroxylation is 1. The van der Waals surface area contributed by atoms with Gasteiger partial charge in [-0.2, -0.15) is 0 Å². The van der Waals surface area contributed by atoms with Crippen molar-refractivity contribution in [1.29, 1.82) is 0 Å². The molecule has 4 heteroatoms. The summed E-state index contributed by atoms with van der Waals surface area (Å²) >= 11 is 0. The first-order valence-electron chi connectivity index (χ1n) is 6.63. The summed E-state index contributed by atoms with van der Waals surface area (Å²) in [5.74, 6) is 1.16. The summed E-state index contributed by atoms with van der Waals surface area (Å²) in [6.45, 7) is 7.00. The molecule has 0 amide bonds. The number of anilines is 1. The molecule has 4 nitrogen and oxygen atoms in total. The van der Waals surface area contributed by atoms with Gasteiger partial charge in [-0.3, -0.25) is 0 Å². The highest BCUT2D eigenvalue weighted by molar-refractivity contribution is 5.82. The molecule has 0 aliphatic heterocycles. The van der Waals surface area contributed by atoms with E-state index < -0.39 is 0 Å². The number of hydrogen-bond donors (Lipinski definition) is 1. The van der Waals surface area contributed by atoms with Crippen LogP contribution in [-0.2, 0) is 0 Å². The highest BCUT2D eigenvalue weighted by Crippen LogP contribution is 2.23. The van der Waals surface area contributed by atoms with Crippen LogP contribution in [0.1, 0.15) is 31.0 Å². The van der Waals surface area contributed by atoms with E-state index in [2.05, 4.69) is 42.0 Å². The standard InChI is InChI=1S/C15H21N3O/c1-10(2)12-5-6-14-13(9-12)11(3)16-15(17-14)18(4)7-8-19/h5-6,9-10,19H,7-8H2,1-4H3. The lowest BCUT2D eigenvalue weighted by molar-refractivity contribution is 0.303. The van der Waals surface area contributed by atoms with E-state index in [9.17, 15) is 0 Å². The van der Waals surface area contributed by atoms with Crippen LogP contribution >= 0.6 is 0 Å². The lowest BCUT2D eigenvalue weighted by atomic mass is 10.0. The SMILES string of the molecule is Cc1nc(N(C)CCO)nc2ccc(C(C)C)cc12. The van der Waals surface area contributed by atoms with E-state index in [-0.39, 0.29) is 6.61 Å². The first kappa shape index (κ1) is 13.7. The van der Waals surface area contributed by atoms with Crippen molar-refractivity contribution in [2.75, 3.05) is 25.1 Å². The van der Waals surface area contributed by atoms with Crippen LogP contribution < -0.4 is 4.90 Å². The lowest BCUT2D eigenvalue weighted by Gasteiger charge is -2.17. The van der Waals surface area contributed by atoms with Crippen LogP contribution in [0.25, 0.3) is 10.9 Å². The van der Waals surface area contributed by atoms with Gasteiger partial charge in [-0.15, -0.1) is 0 Å². The predicted molar refractivity (Wildman–Crippen MR) is 78.7 cm³/mol. The molecule has 1 aromatic heterocycles. The summed E-state index contributed by atoms with van der Waals surface area (Å²) < 4.78 is 0. The Labute approximate surface area is 114 Å². The molecular weight excluding hydrogens is 238 g/mol. The summed E-state index contributed by atoms with van der Waals surface area (Å²) in [6, 6.07) is 6.34. The molecule has 0 aliphatic rings. The minimum absolute atomic E-state index is 0.100. The number of likely N-dealkylation sites (N-methyl/N-ethyl adjacent to an activating group) is 1. The minimum Gasteiger partial charge on any atom is -0.395 e. The van der Waals surface area contributed by atoms with Crippen molar-refractivity contribution in [1.82, 2.24) is 9.97 Å². The Balaban J connectivity index is 2.50. The minimum atomic E-state index is 0.100. The second kappa shape index (κ2) is 5.53. The number of aliphatic hydroxyl groups is 1. The van der Waals surface area contributed by atoms with Crippen LogP contribution in [0.2, 0.25) is 0 Å². The maximum Gasteiger partial charge on any atom is 0.225 e. The van der Waals surface area contributed by atoms with Crippen molar-refractivity contribution in [3.05, 3.63) is 29.5 Å². The Bertz CT molecular complexity index is 581. The van der Waals surface area contributed by atoms with Crippen LogP contribution in [0.5, 0.6) is 0 Å². The number of aromatic nitrogens is 2. The molecule has 0 unspecified atom stereocenters. The molecule has 2 rings (SSSR count). The lowest BCUT2D eigenvalue weighted by Crippen LogP contribution is -2.23. The largest absolute Gasteiger partial charge is 0.395 e. The molecule has 1 heterocycles. The normalized spacial score (nSPS) is 11.3. The van der Waals surface area contributed by atoms with Crippen molar-refractivity contribution < 1.29 is 5.11 Å². The van der Waals surface area contributed by atoms with E-state index in [1.165, 1.54) is 5.56 Å². The fourth-order valence-corrected chi connectivity index (χ4v) is 2.06. The highest BCUT2D eigenvalue weighted by Gasteiger charge is 2.09. The average molecular weight is 259 g/mol. The van der Waals surface area contributed by atoms with Gasteiger partial charge < -0.3 is 10.0 Å². The summed E-state index contributed by atoms with van der Waals surface area (Å²) in [4.78, 5) is 10.9. The van der Waals surface area contributed by atoms with Crippen molar-refractivity contribution in [3.8, 4) is 0 Å². The Hall–Kier alpha value is -1.68. The predicted octanol–water partition coefficient (Wildman–Crippen LogP) is 2.49. The molecule has 1 N–H and O–H groups in total. The van der Waals surface area contributed by atoms with Gasteiger partial charge in [0.2, 0.25) is 5.95 Å². The average Bonchev–Trinajstić information content (AvgIpc) is 2.38. The van der Waals surface area contributed by atoms with Crippen molar-refractivity contribution in [3.63, 3.8) is 0 Å². The number of aliphatic hydroxyl groups excluding tert-OH is 1. The molecule has 0 atom stereocenters. The molecule has 0 aliphatic carbocycles. The fraction of sp³-hybridized carbons (Fsp3) is 0.467. The Morgan fingerprint density at radius 3 is 2.63 bits per heavy atom. The molecule has 0 saturated carbocycles.